The first-order chi connectivity index (χ1) is 34.0. The van der Waals surface area contributed by atoms with Crippen molar-refractivity contribution in [2.24, 2.45) is 0 Å². The van der Waals surface area contributed by atoms with Crippen molar-refractivity contribution in [1.29, 1.82) is 0 Å². The maximum absolute atomic E-state index is 12.8. The lowest BCUT2D eigenvalue weighted by molar-refractivity contribution is -0.166. The Bertz CT molecular complexity index is 1380. The molecule has 0 spiro atoms. The number of hydrogen-bond donors (Lipinski definition) is 0. The SMILES string of the molecule is CC/C=C\C/C=C\C/C=C\C/C=C\C/C=C\C/C=C\CCC(=O)OC(COC(=O)CCCCCCCCCCC/C=C\C/C=C\CCCCCCC)COC(=O)CCCCCCCCCCCCC. The summed E-state index contributed by atoms with van der Waals surface area (Å²) >= 11 is 0. The van der Waals surface area contributed by atoms with E-state index in [4.69, 9.17) is 14.2 Å². The molecule has 0 saturated carbocycles. The van der Waals surface area contributed by atoms with Gasteiger partial charge in [-0.3, -0.25) is 14.4 Å². The van der Waals surface area contributed by atoms with Gasteiger partial charge in [0.2, 0.25) is 0 Å². The van der Waals surface area contributed by atoms with Gasteiger partial charge in [0.05, 0.1) is 0 Å². The minimum Gasteiger partial charge on any atom is -0.462 e. The first-order valence-electron chi connectivity index (χ1n) is 28.7. The van der Waals surface area contributed by atoms with Crippen LogP contribution in [0.15, 0.2) is 97.2 Å². The fourth-order valence-corrected chi connectivity index (χ4v) is 7.79. The first-order valence-corrected chi connectivity index (χ1v) is 28.7. The van der Waals surface area contributed by atoms with Crippen molar-refractivity contribution in [3.8, 4) is 0 Å². The number of unbranched alkanes of at least 4 members (excludes halogenated alkanes) is 24. The molecule has 6 nitrogen and oxygen atoms in total. The topological polar surface area (TPSA) is 78.9 Å². The van der Waals surface area contributed by atoms with E-state index in [1.807, 2.05) is 6.08 Å². The molecule has 0 saturated heterocycles. The standard InChI is InChI=1S/C63H106O6/c1-4-7-10-13-16-19-22-24-26-28-30-31-33-34-36-38-41-44-47-50-53-56-62(65)68-59-60(58-67-61(64)55-52-49-46-43-40-21-18-15-12-9-6-3)69-63(66)57-54-51-48-45-42-39-37-35-32-29-27-25-23-20-17-14-11-8-5-2/h8,11,17,20,22,24-25,27-28,30,32,35,39,42,48,51,60H,4-7,9-10,12-16,18-19,21,23,26,29,31,33-34,36-38,40-41,43-47,49-50,52-59H2,1-3H3/b11-8-,20-17-,24-22-,27-25-,30-28-,35-32-,42-39-,51-48-. The van der Waals surface area contributed by atoms with Crippen molar-refractivity contribution in [3.05, 3.63) is 97.2 Å². The van der Waals surface area contributed by atoms with Gasteiger partial charge in [0.1, 0.15) is 13.2 Å². The Morgan fingerprint density at radius 3 is 0.942 bits per heavy atom. The highest BCUT2D eigenvalue weighted by molar-refractivity contribution is 5.71. The summed E-state index contributed by atoms with van der Waals surface area (Å²) < 4.78 is 16.8. The molecular formula is C63H106O6. The summed E-state index contributed by atoms with van der Waals surface area (Å²) in [6, 6.07) is 0. The number of rotatable bonds is 51. The molecule has 0 heterocycles. The van der Waals surface area contributed by atoms with Crippen LogP contribution in [0, 0.1) is 0 Å². The van der Waals surface area contributed by atoms with Crippen LogP contribution in [0.5, 0.6) is 0 Å². The minimum absolute atomic E-state index is 0.108. The molecule has 0 radical (unpaired) electrons. The Kier molecular flexibility index (Phi) is 53.9. The summed E-state index contributed by atoms with van der Waals surface area (Å²) in [6.07, 6.45) is 75.5. The molecule has 1 unspecified atom stereocenters. The second kappa shape index (κ2) is 56.9. The predicted octanol–water partition coefficient (Wildman–Crippen LogP) is 19.3. The highest BCUT2D eigenvalue weighted by Crippen LogP contribution is 2.15. The fourth-order valence-electron chi connectivity index (χ4n) is 7.79. The van der Waals surface area contributed by atoms with Crippen molar-refractivity contribution in [3.63, 3.8) is 0 Å². The van der Waals surface area contributed by atoms with Crippen molar-refractivity contribution in [2.75, 3.05) is 13.2 Å². The van der Waals surface area contributed by atoms with Crippen LogP contribution < -0.4 is 0 Å². The fraction of sp³-hybridized carbons (Fsp3) is 0.698. The number of ether oxygens (including phenoxy) is 3. The Morgan fingerprint density at radius 2 is 0.594 bits per heavy atom. The van der Waals surface area contributed by atoms with Gasteiger partial charge in [-0.1, -0.05) is 253 Å². The van der Waals surface area contributed by atoms with Gasteiger partial charge in [-0.25, -0.2) is 0 Å². The van der Waals surface area contributed by atoms with Gasteiger partial charge >= 0.3 is 17.9 Å². The smallest absolute Gasteiger partial charge is 0.306 e. The van der Waals surface area contributed by atoms with Gasteiger partial charge in [-0.15, -0.1) is 0 Å². The number of allylic oxidation sites excluding steroid dienone is 16. The molecule has 0 aliphatic carbocycles. The largest absolute Gasteiger partial charge is 0.462 e. The molecule has 0 amide bonds. The molecule has 0 N–H and O–H groups in total. The Hall–Kier alpha value is -3.67. The summed E-state index contributed by atoms with van der Waals surface area (Å²) in [5.74, 6) is -0.995. The molecular weight excluding hydrogens is 853 g/mol. The lowest BCUT2D eigenvalue weighted by atomic mass is 10.1. The molecule has 69 heavy (non-hydrogen) atoms. The summed E-state index contributed by atoms with van der Waals surface area (Å²) in [6.45, 7) is 6.45. The van der Waals surface area contributed by atoms with Crippen molar-refractivity contribution in [1.82, 2.24) is 0 Å². The number of carbonyl (C=O) groups is 3. The van der Waals surface area contributed by atoms with Gasteiger partial charge in [0, 0.05) is 19.3 Å². The molecule has 394 valence electrons. The third-order valence-corrected chi connectivity index (χ3v) is 12.1. The van der Waals surface area contributed by atoms with Crippen molar-refractivity contribution < 1.29 is 28.6 Å². The molecule has 0 bridgehead atoms. The summed E-state index contributed by atoms with van der Waals surface area (Å²) in [5, 5.41) is 0. The number of hydrogen-bond acceptors (Lipinski definition) is 6. The van der Waals surface area contributed by atoms with Gasteiger partial charge in [0.15, 0.2) is 6.10 Å². The van der Waals surface area contributed by atoms with E-state index >= 15 is 0 Å². The van der Waals surface area contributed by atoms with Crippen molar-refractivity contribution in [2.45, 2.75) is 271 Å². The molecule has 0 aromatic carbocycles. The van der Waals surface area contributed by atoms with E-state index in [2.05, 4.69) is 112 Å². The molecule has 0 rings (SSSR count). The van der Waals surface area contributed by atoms with Crippen LogP contribution in [-0.4, -0.2) is 37.2 Å². The van der Waals surface area contributed by atoms with Gasteiger partial charge in [0.25, 0.3) is 0 Å². The highest BCUT2D eigenvalue weighted by Gasteiger charge is 2.19. The zero-order valence-electron chi connectivity index (χ0n) is 45.0. The Balaban J connectivity index is 4.44. The van der Waals surface area contributed by atoms with Crippen LogP contribution in [0.1, 0.15) is 265 Å². The minimum atomic E-state index is -0.819. The Morgan fingerprint density at radius 1 is 0.304 bits per heavy atom. The molecule has 0 aliphatic rings. The molecule has 1 atom stereocenters. The van der Waals surface area contributed by atoms with Gasteiger partial charge < -0.3 is 14.2 Å². The predicted molar refractivity (Wildman–Crippen MR) is 297 cm³/mol. The van der Waals surface area contributed by atoms with E-state index in [0.717, 1.165) is 83.5 Å². The third-order valence-electron chi connectivity index (χ3n) is 12.1. The number of esters is 3. The summed E-state index contributed by atoms with van der Waals surface area (Å²) in [7, 11) is 0. The maximum atomic E-state index is 12.8. The third kappa shape index (κ3) is 55.1. The summed E-state index contributed by atoms with van der Waals surface area (Å²) in [5.41, 5.74) is 0. The highest BCUT2D eigenvalue weighted by atomic mass is 16.6. The molecule has 0 aromatic rings. The normalized spacial score (nSPS) is 12.8. The van der Waals surface area contributed by atoms with E-state index in [-0.39, 0.29) is 31.6 Å². The first kappa shape index (κ1) is 65.3. The zero-order chi connectivity index (χ0) is 50.0. The molecule has 0 aromatic heterocycles. The van der Waals surface area contributed by atoms with E-state index in [9.17, 15) is 14.4 Å². The van der Waals surface area contributed by atoms with E-state index in [1.165, 1.54) is 135 Å². The van der Waals surface area contributed by atoms with Crippen LogP contribution >= 0.6 is 0 Å². The maximum Gasteiger partial charge on any atom is 0.306 e. The van der Waals surface area contributed by atoms with E-state index < -0.39 is 12.1 Å². The van der Waals surface area contributed by atoms with Crippen LogP contribution in [0.25, 0.3) is 0 Å². The average Bonchev–Trinajstić information content (AvgIpc) is 3.35. The second-order valence-electron chi connectivity index (χ2n) is 18.8. The van der Waals surface area contributed by atoms with Crippen LogP contribution in [-0.2, 0) is 28.6 Å². The quantitative estimate of drug-likeness (QED) is 0.0262. The van der Waals surface area contributed by atoms with E-state index in [0.29, 0.717) is 19.3 Å². The Labute approximate surface area is 426 Å². The van der Waals surface area contributed by atoms with Crippen molar-refractivity contribution >= 4 is 17.9 Å². The van der Waals surface area contributed by atoms with Crippen LogP contribution in [0.3, 0.4) is 0 Å². The van der Waals surface area contributed by atoms with Crippen LogP contribution in [0.4, 0.5) is 0 Å². The molecule has 0 aliphatic heterocycles. The van der Waals surface area contributed by atoms with Crippen LogP contribution in [0.2, 0.25) is 0 Å². The molecule has 6 heteroatoms. The number of carbonyl (C=O) groups excluding carboxylic acids is 3. The van der Waals surface area contributed by atoms with E-state index in [1.54, 1.807) is 0 Å². The summed E-state index contributed by atoms with van der Waals surface area (Å²) in [4.78, 5) is 38.1. The lowest BCUT2D eigenvalue weighted by Crippen LogP contribution is -2.30. The second-order valence-corrected chi connectivity index (χ2v) is 18.8. The van der Waals surface area contributed by atoms with Gasteiger partial charge in [-0.2, -0.15) is 0 Å². The average molecular weight is 960 g/mol. The zero-order valence-corrected chi connectivity index (χ0v) is 45.0. The lowest BCUT2D eigenvalue weighted by Gasteiger charge is -2.18. The molecule has 0 fully saturated rings. The van der Waals surface area contributed by atoms with Gasteiger partial charge in [-0.05, 0) is 89.9 Å². The monoisotopic (exact) mass is 959 g/mol.